The summed E-state index contributed by atoms with van der Waals surface area (Å²) in [6.07, 6.45) is 1.31. The lowest BCUT2D eigenvalue weighted by atomic mass is 10.3. The van der Waals surface area contributed by atoms with E-state index in [4.69, 9.17) is 5.73 Å². The fourth-order valence-corrected chi connectivity index (χ4v) is 3.00. The van der Waals surface area contributed by atoms with Crippen molar-refractivity contribution in [2.24, 2.45) is 5.73 Å². The number of sulfone groups is 1. The summed E-state index contributed by atoms with van der Waals surface area (Å²) in [5.41, 5.74) is 5.64. The van der Waals surface area contributed by atoms with Crippen LogP contribution in [0.2, 0.25) is 0 Å². The molecule has 88 valence electrons. The molecule has 1 aliphatic heterocycles. The van der Waals surface area contributed by atoms with Crippen molar-refractivity contribution in [2.75, 3.05) is 24.6 Å². The van der Waals surface area contributed by atoms with E-state index in [9.17, 15) is 13.2 Å². The third-order valence-corrected chi connectivity index (χ3v) is 4.15. The normalized spacial score (nSPS) is 22.0. The molecule has 1 aliphatic rings. The predicted molar refractivity (Wildman–Crippen MR) is 58.1 cm³/mol. The Morgan fingerprint density at radius 2 is 2.20 bits per heavy atom. The van der Waals surface area contributed by atoms with Gasteiger partial charge < -0.3 is 10.6 Å². The number of hydrogen-bond donors (Lipinski definition) is 1. The summed E-state index contributed by atoms with van der Waals surface area (Å²) >= 11 is 0. The zero-order valence-corrected chi connectivity index (χ0v) is 9.79. The maximum Gasteiger partial charge on any atom is 0.237 e. The molecule has 1 heterocycles. The second-order valence-electron chi connectivity index (χ2n) is 3.98. The van der Waals surface area contributed by atoms with Crippen LogP contribution >= 0.6 is 0 Å². The molecule has 2 N–H and O–H groups in total. The minimum Gasteiger partial charge on any atom is -0.340 e. The van der Waals surface area contributed by atoms with E-state index in [2.05, 4.69) is 0 Å². The number of carbonyl (C=O) groups is 1. The Labute approximate surface area is 90.5 Å². The average Bonchev–Trinajstić information content (AvgIpc) is 2.50. The topological polar surface area (TPSA) is 80.5 Å². The Morgan fingerprint density at radius 1 is 1.53 bits per heavy atom. The van der Waals surface area contributed by atoms with Crippen LogP contribution in [0, 0.1) is 0 Å². The van der Waals surface area contributed by atoms with Gasteiger partial charge >= 0.3 is 0 Å². The molecule has 0 radical (unpaired) electrons. The fraction of sp³-hybridized carbons (Fsp3) is 0.889. The third kappa shape index (κ3) is 3.79. The second-order valence-corrected chi connectivity index (χ2v) is 6.16. The van der Waals surface area contributed by atoms with Gasteiger partial charge in [-0.15, -0.1) is 0 Å². The Balaban J connectivity index is 2.49. The van der Waals surface area contributed by atoms with Crippen LogP contribution in [0.15, 0.2) is 0 Å². The van der Waals surface area contributed by atoms with Crippen LogP contribution in [-0.2, 0) is 14.6 Å². The lowest BCUT2D eigenvalue weighted by Crippen LogP contribution is -2.36. The SMILES string of the molecule is CCCS(=O)(=O)CC(=O)N1CCC(N)C1. The molecule has 1 atom stereocenters. The number of amides is 1. The highest BCUT2D eigenvalue weighted by Gasteiger charge is 2.26. The number of hydrogen-bond acceptors (Lipinski definition) is 4. The van der Waals surface area contributed by atoms with Gasteiger partial charge in [0, 0.05) is 19.1 Å². The standard InChI is InChI=1S/C9H18N2O3S/c1-2-5-15(13,14)7-9(12)11-4-3-8(10)6-11/h8H,2-7,10H2,1H3. The van der Waals surface area contributed by atoms with Crippen molar-refractivity contribution in [3.63, 3.8) is 0 Å². The van der Waals surface area contributed by atoms with Crippen molar-refractivity contribution in [1.29, 1.82) is 0 Å². The van der Waals surface area contributed by atoms with Crippen LogP contribution in [0.3, 0.4) is 0 Å². The fourth-order valence-electron chi connectivity index (χ4n) is 1.68. The molecule has 1 saturated heterocycles. The Kier molecular flexibility index (Phi) is 4.10. The summed E-state index contributed by atoms with van der Waals surface area (Å²) in [5.74, 6) is -0.594. The summed E-state index contributed by atoms with van der Waals surface area (Å²) in [5, 5.41) is 0. The number of nitrogens with two attached hydrogens (primary N) is 1. The molecular weight excluding hydrogens is 216 g/mol. The van der Waals surface area contributed by atoms with Gasteiger partial charge in [0.15, 0.2) is 9.84 Å². The third-order valence-electron chi connectivity index (χ3n) is 2.44. The van der Waals surface area contributed by atoms with E-state index in [1.807, 2.05) is 0 Å². The summed E-state index contributed by atoms with van der Waals surface area (Å²) in [4.78, 5) is 13.1. The first-order valence-electron chi connectivity index (χ1n) is 5.18. The van der Waals surface area contributed by atoms with Gasteiger partial charge in [0.2, 0.25) is 5.91 Å². The Bertz CT molecular complexity index is 326. The van der Waals surface area contributed by atoms with Crippen molar-refractivity contribution in [2.45, 2.75) is 25.8 Å². The van der Waals surface area contributed by atoms with Gasteiger partial charge in [-0.3, -0.25) is 4.79 Å². The van der Waals surface area contributed by atoms with Gasteiger partial charge in [-0.1, -0.05) is 6.92 Å². The van der Waals surface area contributed by atoms with E-state index in [1.165, 1.54) is 4.90 Å². The average molecular weight is 234 g/mol. The van der Waals surface area contributed by atoms with E-state index < -0.39 is 9.84 Å². The van der Waals surface area contributed by atoms with Gasteiger partial charge in [-0.2, -0.15) is 0 Å². The molecule has 0 aromatic rings. The molecule has 5 nitrogen and oxygen atoms in total. The van der Waals surface area contributed by atoms with Crippen LogP contribution in [0.4, 0.5) is 0 Å². The number of carbonyl (C=O) groups excluding carboxylic acids is 1. The first kappa shape index (κ1) is 12.4. The molecular formula is C9H18N2O3S. The monoisotopic (exact) mass is 234 g/mol. The molecule has 1 fully saturated rings. The van der Waals surface area contributed by atoms with Crippen molar-refractivity contribution >= 4 is 15.7 Å². The molecule has 1 unspecified atom stereocenters. The Hall–Kier alpha value is -0.620. The molecule has 0 aromatic carbocycles. The van der Waals surface area contributed by atoms with Gasteiger partial charge in [0.1, 0.15) is 5.75 Å². The molecule has 0 saturated carbocycles. The van der Waals surface area contributed by atoms with Crippen molar-refractivity contribution in [3.8, 4) is 0 Å². The summed E-state index contributed by atoms with van der Waals surface area (Å²) in [7, 11) is -3.22. The predicted octanol–water partition coefficient (Wildman–Crippen LogP) is -0.629. The minimum atomic E-state index is -3.22. The number of likely N-dealkylation sites (tertiary alicyclic amines) is 1. The van der Waals surface area contributed by atoms with Crippen LogP contribution < -0.4 is 5.73 Å². The van der Waals surface area contributed by atoms with Gasteiger partial charge in [-0.25, -0.2) is 8.42 Å². The van der Waals surface area contributed by atoms with Gasteiger partial charge in [-0.05, 0) is 12.8 Å². The van der Waals surface area contributed by atoms with Gasteiger partial charge in [0.05, 0.1) is 5.75 Å². The molecule has 0 aromatic heterocycles. The van der Waals surface area contributed by atoms with Crippen LogP contribution in [0.25, 0.3) is 0 Å². The molecule has 1 rings (SSSR count). The summed E-state index contributed by atoms with van der Waals surface area (Å²) in [6, 6.07) is 0.00262. The molecule has 0 spiro atoms. The van der Waals surface area contributed by atoms with E-state index in [-0.39, 0.29) is 23.5 Å². The maximum absolute atomic E-state index is 11.6. The number of rotatable bonds is 4. The van der Waals surface area contributed by atoms with Crippen molar-refractivity contribution in [1.82, 2.24) is 4.90 Å². The van der Waals surface area contributed by atoms with Gasteiger partial charge in [0.25, 0.3) is 0 Å². The number of nitrogens with zero attached hydrogens (tertiary/aromatic N) is 1. The minimum absolute atomic E-state index is 0.00262. The smallest absolute Gasteiger partial charge is 0.237 e. The molecule has 15 heavy (non-hydrogen) atoms. The lowest BCUT2D eigenvalue weighted by molar-refractivity contribution is -0.127. The second kappa shape index (κ2) is 4.94. The molecule has 1 amide bonds. The highest BCUT2D eigenvalue weighted by atomic mass is 32.2. The van der Waals surface area contributed by atoms with Crippen molar-refractivity contribution in [3.05, 3.63) is 0 Å². The van der Waals surface area contributed by atoms with Crippen LogP contribution in [-0.4, -0.2) is 49.9 Å². The molecule has 0 aliphatic carbocycles. The maximum atomic E-state index is 11.6. The largest absolute Gasteiger partial charge is 0.340 e. The van der Waals surface area contributed by atoms with E-state index in [1.54, 1.807) is 6.92 Å². The highest BCUT2D eigenvalue weighted by molar-refractivity contribution is 7.92. The lowest BCUT2D eigenvalue weighted by Gasteiger charge is -2.15. The van der Waals surface area contributed by atoms with E-state index in [0.29, 0.717) is 19.5 Å². The summed E-state index contributed by atoms with van der Waals surface area (Å²) in [6.45, 7) is 2.86. The summed E-state index contributed by atoms with van der Waals surface area (Å²) < 4.78 is 22.8. The van der Waals surface area contributed by atoms with E-state index in [0.717, 1.165) is 6.42 Å². The zero-order chi connectivity index (χ0) is 11.5. The van der Waals surface area contributed by atoms with Crippen molar-refractivity contribution < 1.29 is 13.2 Å². The van der Waals surface area contributed by atoms with Crippen LogP contribution in [0.1, 0.15) is 19.8 Å². The van der Waals surface area contributed by atoms with E-state index >= 15 is 0 Å². The molecule has 0 bridgehead atoms. The zero-order valence-electron chi connectivity index (χ0n) is 8.98. The highest BCUT2D eigenvalue weighted by Crippen LogP contribution is 2.08. The molecule has 6 heteroatoms. The quantitative estimate of drug-likeness (QED) is 0.702. The van der Waals surface area contributed by atoms with Crippen LogP contribution in [0.5, 0.6) is 0 Å². The first-order chi connectivity index (χ1) is 6.94. The Morgan fingerprint density at radius 3 is 2.67 bits per heavy atom. The first-order valence-corrected chi connectivity index (χ1v) is 7.00.